The molecule has 0 aliphatic heterocycles. The maximum Gasteiger partial charge on any atom is 0.405 e. The molecule has 0 fully saturated rings. The molecule has 0 aliphatic carbocycles. The van der Waals surface area contributed by atoms with E-state index in [1.807, 2.05) is 12.2 Å². The molecule has 7 heteroatoms. The van der Waals surface area contributed by atoms with Crippen LogP contribution < -0.4 is 10.1 Å². The highest BCUT2D eigenvalue weighted by Gasteiger charge is 2.29. The lowest BCUT2D eigenvalue weighted by molar-refractivity contribution is -0.123. The molecular weight excluding hydrogens is 327 g/mol. The minimum Gasteiger partial charge on any atom is -0.496 e. The van der Waals surface area contributed by atoms with Gasteiger partial charge in [-0.15, -0.1) is 0 Å². The molecule has 0 spiro atoms. The number of methoxy groups -OCH3 is 1. The van der Waals surface area contributed by atoms with E-state index in [9.17, 15) is 18.0 Å². The molecule has 0 aliphatic rings. The highest BCUT2D eigenvalue weighted by atomic mass is 79.9. The molecule has 106 valence electrons. The molecular formula is C12H13BrF3NO2. The average molecular weight is 340 g/mol. The van der Waals surface area contributed by atoms with E-state index in [2.05, 4.69) is 15.9 Å². The first-order valence-corrected chi connectivity index (χ1v) is 6.29. The third-order valence-electron chi connectivity index (χ3n) is 2.43. The molecule has 3 nitrogen and oxygen atoms in total. The molecule has 0 saturated carbocycles. The summed E-state index contributed by atoms with van der Waals surface area (Å²) in [5.74, 6) is -0.551. The van der Waals surface area contributed by atoms with Crippen LogP contribution in [0.25, 0.3) is 0 Å². The number of carbonyl (C=O) groups is 1. The number of hydrogen-bond donors (Lipinski definition) is 1. The van der Waals surface area contributed by atoms with Gasteiger partial charge >= 0.3 is 6.18 Å². The number of ether oxygens (including phenoxy) is 1. The van der Waals surface area contributed by atoms with E-state index in [0.29, 0.717) is 16.5 Å². The van der Waals surface area contributed by atoms with Crippen molar-refractivity contribution in [3.8, 4) is 5.75 Å². The van der Waals surface area contributed by atoms with Gasteiger partial charge in [-0.05, 0) is 24.1 Å². The zero-order valence-electron chi connectivity index (χ0n) is 10.4. The van der Waals surface area contributed by atoms with Crippen LogP contribution in [-0.2, 0) is 6.42 Å². The van der Waals surface area contributed by atoms with Gasteiger partial charge in [-0.2, -0.15) is 13.2 Å². The van der Waals surface area contributed by atoms with Crippen LogP contribution in [0.4, 0.5) is 13.2 Å². The number of carbonyl (C=O) groups excluding carboxylic acids is 1. The van der Waals surface area contributed by atoms with Crippen LogP contribution in [0.1, 0.15) is 22.8 Å². The molecule has 0 aromatic heterocycles. The van der Waals surface area contributed by atoms with Gasteiger partial charge in [0.1, 0.15) is 12.3 Å². The third-order valence-corrected chi connectivity index (χ3v) is 2.88. The summed E-state index contributed by atoms with van der Waals surface area (Å²) in [7, 11) is 1.36. The zero-order valence-corrected chi connectivity index (χ0v) is 12.0. The van der Waals surface area contributed by atoms with Crippen molar-refractivity contribution in [3.63, 3.8) is 0 Å². The normalized spacial score (nSPS) is 11.3. The predicted molar refractivity (Wildman–Crippen MR) is 68.5 cm³/mol. The maximum atomic E-state index is 12.1. The second kappa shape index (κ2) is 6.27. The molecule has 1 N–H and O–H groups in total. The zero-order chi connectivity index (χ0) is 14.6. The third kappa shape index (κ3) is 4.41. The SMILES string of the molecule is CCc1cc(Br)cc(OC)c1C(=O)NCC(F)(F)F. The Morgan fingerprint density at radius 1 is 1.42 bits per heavy atom. The second-order valence-corrected chi connectivity index (χ2v) is 4.71. The predicted octanol–water partition coefficient (Wildman–Crippen LogP) is 3.31. The quantitative estimate of drug-likeness (QED) is 0.913. The minimum atomic E-state index is -4.44. The van der Waals surface area contributed by atoms with Gasteiger partial charge in [0, 0.05) is 4.47 Å². The average Bonchev–Trinajstić information content (AvgIpc) is 2.33. The Bertz CT molecular complexity index is 450. The van der Waals surface area contributed by atoms with E-state index in [0.717, 1.165) is 0 Å². The van der Waals surface area contributed by atoms with Crippen LogP contribution >= 0.6 is 15.9 Å². The molecule has 0 atom stereocenters. The second-order valence-electron chi connectivity index (χ2n) is 3.79. The molecule has 0 radical (unpaired) electrons. The summed E-state index contributed by atoms with van der Waals surface area (Å²) in [6.45, 7) is 0.440. The topological polar surface area (TPSA) is 38.3 Å². The summed E-state index contributed by atoms with van der Waals surface area (Å²) in [4.78, 5) is 11.9. The number of aryl methyl sites for hydroxylation is 1. The maximum absolute atomic E-state index is 12.1. The van der Waals surface area contributed by atoms with Crippen molar-refractivity contribution < 1.29 is 22.7 Å². The number of hydrogen-bond acceptors (Lipinski definition) is 2. The lowest BCUT2D eigenvalue weighted by atomic mass is 10.0. The van der Waals surface area contributed by atoms with Crippen LogP contribution in [-0.4, -0.2) is 25.7 Å². The Morgan fingerprint density at radius 3 is 2.53 bits per heavy atom. The van der Waals surface area contributed by atoms with Crippen molar-refractivity contribution in [3.05, 3.63) is 27.7 Å². The number of halogens is 4. The number of rotatable bonds is 4. The van der Waals surface area contributed by atoms with Crippen molar-refractivity contribution in [2.45, 2.75) is 19.5 Å². The van der Waals surface area contributed by atoms with Gasteiger partial charge in [0.05, 0.1) is 12.7 Å². The van der Waals surface area contributed by atoms with Crippen molar-refractivity contribution in [2.75, 3.05) is 13.7 Å². The first-order valence-electron chi connectivity index (χ1n) is 5.49. The minimum absolute atomic E-state index is 0.137. The van der Waals surface area contributed by atoms with Gasteiger partial charge in [-0.1, -0.05) is 22.9 Å². The van der Waals surface area contributed by atoms with Gasteiger partial charge in [0.2, 0.25) is 0 Å². The van der Waals surface area contributed by atoms with Crippen molar-refractivity contribution in [2.24, 2.45) is 0 Å². The van der Waals surface area contributed by atoms with Crippen molar-refractivity contribution >= 4 is 21.8 Å². The van der Waals surface area contributed by atoms with Crippen molar-refractivity contribution in [1.29, 1.82) is 0 Å². The van der Waals surface area contributed by atoms with E-state index >= 15 is 0 Å². The Morgan fingerprint density at radius 2 is 2.05 bits per heavy atom. The molecule has 1 rings (SSSR count). The molecule has 0 heterocycles. The first kappa shape index (κ1) is 15.8. The summed E-state index contributed by atoms with van der Waals surface area (Å²) in [6.07, 6.45) is -3.94. The van der Waals surface area contributed by atoms with Crippen LogP contribution in [0.2, 0.25) is 0 Å². The molecule has 19 heavy (non-hydrogen) atoms. The van der Waals surface area contributed by atoms with Crippen LogP contribution in [0, 0.1) is 0 Å². The number of alkyl halides is 3. The molecule has 1 aromatic carbocycles. The van der Waals surface area contributed by atoms with E-state index in [4.69, 9.17) is 4.74 Å². The highest BCUT2D eigenvalue weighted by molar-refractivity contribution is 9.10. The van der Waals surface area contributed by atoms with Gasteiger partial charge in [-0.25, -0.2) is 0 Å². The van der Waals surface area contributed by atoms with E-state index in [1.165, 1.54) is 7.11 Å². The Balaban J connectivity index is 3.07. The van der Waals surface area contributed by atoms with Gasteiger partial charge < -0.3 is 10.1 Å². The fraction of sp³-hybridized carbons (Fsp3) is 0.417. The summed E-state index contributed by atoms with van der Waals surface area (Å²) in [6, 6.07) is 3.23. The standard InChI is InChI=1S/C12H13BrF3NO2/c1-3-7-4-8(13)5-9(19-2)10(7)11(18)17-6-12(14,15)16/h4-5H,3,6H2,1-2H3,(H,17,18). The van der Waals surface area contributed by atoms with Crippen LogP contribution in [0.15, 0.2) is 16.6 Å². The van der Waals surface area contributed by atoms with Crippen LogP contribution in [0.5, 0.6) is 5.75 Å². The van der Waals surface area contributed by atoms with Gasteiger partial charge in [-0.3, -0.25) is 4.79 Å². The van der Waals surface area contributed by atoms with Crippen LogP contribution in [0.3, 0.4) is 0 Å². The molecule has 0 bridgehead atoms. The number of nitrogens with one attached hydrogen (secondary N) is 1. The summed E-state index contributed by atoms with van der Waals surface area (Å²) in [5.41, 5.74) is 0.753. The monoisotopic (exact) mass is 339 g/mol. The fourth-order valence-corrected chi connectivity index (χ4v) is 2.09. The van der Waals surface area contributed by atoms with E-state index in [1.54, 1.807) is 12.1 Å². The fourth-order valence-electron chi connectivity index (χ4n) is 1.60. The lowest BCUT2D eigenvalue weighted by Gasteiger charge is -2.14. The highest BCUT2D eigenvalue weighted by Crippen LogP contribution is 2.28. The molecule has 0 unspecified atom stereocenters. The lowest BCUT2D eigenvalue weighted by Crippen LogP contribution is -2.34. The molecule has 1 aromatic rings. The summed E-state index contributed by atoms with van der Waals surface area (Å²) in [5, 5.41) is 1.85. The Hall–Kier alpha value is -1.24. The molecule has 1 amide bonds. The molecule has 0 saturated heterocycles. The van der Waals surface area contributed by atoms with E-state index in [-0.39, 0.29) is 11.3 Å². The Kier molecular flexibility index (Phi) is 5.22. The number of amides is 1. The van der Waals surface area contributed by atoms with Crippen molar-refractivity contribution in [1.82, 2.24) is 5.32 Å². The first-order chi connectivity index (χ1) is 8.78. The summed E-state index contributed by atoms with van der Waals surface area (Å²) < 4.78 is 42.1. The van der Waals surface area contributed by atoms with Gasteiger partial charge in [0.15, 0.2) is 0 Å². The Labute approximate surface area is 117 Å². The number of benzene rings is 1. The van der Waals surface area contributed by atoms with Gasteiger partial charge in [0.25, 0.3) is 5.91 Å². The smallest absolute Gasteiger partial charge is 0.405 e. The summed E-state index contributed by atoms with van der Waals surface area (Å²) >= 11 is 3.26. The van der Waals surface area contributed by atoms with E-state index < -0.39 is 18.6 Å². The largest absolute Gasteiger partial charge is 0.496 e.